The van der Waals surface area contributed by atoms with E-state index in [1.54, 1.807) is 0 Å². The summed E-state index contributed by atoms with van der Waals surface area (Å²) < 4.78 is 39.7. The van der Waals surface area contributed by atoms with Crippen LogP contribution in [0.4, 0.5) is 13.2 Å². The molecular formula is C27H22F3NOP+. The van der Waals surface area contributed by atoms with Crippen molar-refractivity contribution in [1.29, 1.82) is 0 Å². The maximum Gasteiger partial charge on any atom is 0.416 e. The fourth-order valence-corrected chi connectivity index (χ4v) is 9.03. The summed E-state index contributed by atoms with van der Waals surface area (Å²) in [4.78, 5) is 13.2. The van der Waals surface area contributed by atoms with Crippen LogP contribution in [0.25, 0.3) is 0 Å². The number of halogens is 3. The lowest BCUT2D eigenvalue weighted by Crippen LogP contribution is -2.40. The van der Waals surface area contributed by atoms with Gasteiger partial charge in [-0.25, -0.2) is 0 Å². The van der Waals surface area contributed by atoms with Crippen LogP contribution in [-0.2, 0) is 11.0 Å². The van der Waals surface area contributed by atoms with Gasteiger partial charge in [-0.1, -0.05) is 66.7 Å². The van der Waals surface area contributed by atoms with Gasteiger partial charge in [-0.15, -0.1) is 0 Å². The highest BCUT2D eigenvalue weighted by Crippen LogP contribution is 2.66. The Labute approximate surface area is 191 Å². The highest BCUT2D eigenvalue weighted by atomic mass is 31.2. The zero-order chi connectivity index (χ0) is 23.5. The molecule has 0 heterocycles. The monoisotopic (exact) mass is 464 g/mol. The van der Waals surface area contributed by atoms with Crippen LogP contribution in [0.2, 0.25) is 0 Å². The third kappa shape index (κ3) is 4.29. The van der Waals surface area contributed by atoms with E-state index in [2.05, 4.69) is 0 Å². The second-order valence-electron chi connectivity index (χ2n) is 7.65. The quantitative estimate of drug-likeness (QED) is 0.391. The minimum absolute atomic E-state index is 0.459. The van der Waals surface area contributed by atoms with E-state index in [9.17, 15) is 18.0 Å². The summed E-state index contributed by atoms with van der Waals surface area (Å²) in [7, 11) is -2.75. The first-order chi connectivity index (χ1) is 15.8. The first kappa shape index (κ1) is 22.8. The predicted molar refractivity (Wildman–Crippen MR) is 129 cm³/mol. The number of benzene rings is 4. The van der Waals surface area contributed by atoms with Gasteiger partial charge in [0.1, 0.15) is 23.2 Å². The summed E-state index contributed by atoms with van der Waals surface area (Å²) in [5, 5.41) is 2.77. The van der Waals surface area contributed by atoms with E-state index in [1.165, 1.54) is 12.1 Å². The first-order valence-electron chi connectivity index (χ1n) is 10.4. The maximum absolute atomic E-state index is 13.2. The van der Waals surface area contributed by atoms with E-state index < -0.39 is 30.6 Å². The molecule has 0 bridgehead atoms. The van der Waals surface area contributed by atoms with Crippen LogP contribution < -0.4 is 21.6 Å². The van der Waals surface area contributed by atoms with E-state index >= 15 is 0 Å². The van der Waals surface area contributed by atoms with Gasteiger partial charge >= 0.3 is 6.18 Å². The lowest BCUT2D eigenvalue weighted by Gasteiger charge is -2.33. The predicted octanol–water partition coefficient (Wildman–Crippen LogP) is 5.23. The van der Waals surface area contributed by atoms with Gasteiger partial charge in [-0.05, 0) is 48.5 Å². The molecule has 1 amide bonds. The molecule has 4 aromatic carbocycles. The molecule has 4 rings (SSSR count). The van der Waals surface area contributed by atoms with Crippen molar-refractivity contribution >= 4 is 29.1 Å². The fraction of sp³-hybridized carbons (Fsp3) is 0.0741. The third-order valence-electron chi connectivity index (χ3n) is 5.70. The van der Waals surface area contributed by atoms with E-state index in [0.29, 0.717) is 5.56 Å². The second kappa shape index (κ2) is 9.21. The second-order valence-corrected chi connectivity index (χ2v) is 11.2. The van der Waals surface area contributed by atoms with Gasteiger partial charge in [-0.3, -0.25) is 4.79 Å². The van der Waals surface area contributed by atoms with Crippen LogP contribution in [0.15, 0.2) is 115 Å². The van der Waals surface area contributed by atoms with Crippen molar-refractivity contribution in [2.75, 3.05) is 0 Å². The Morgan fingerprint density at radius 2 is 1.00 bits per heavy atom. The average molecular weight is 464 g/mol. The number of hydrogen-bond donors (Lipinski definition) is 1. The molecule has 33 heavy (non-hydrogen) atoms. The van der Waals surface area contributed by atoms with Gasteiger partial charge < -0.3 is 5.73 Å². The Kier molecular flexibility index (Phi) is 6.35. The highest BCUT2D eigenvalue weighted by Gasteiger charge is 2.55. The summed E-state index contributed by atoms with van der Waals surface area (Å²) in [5.41, 5.74) is 4.90. The Balaban J connectivity index is 2.07. The van der Waals surface area contributed by atoms with Crippen molar-refractivity contribution in [3.63, 3.8) is 0 Å². The summed E-state index contributed by atoms with van der Waals surface area (Å²) in [6.07, 6.45) is -4.47. The topological polar surface area (TPSA) is 43.1 Å². The van der Waals surface area contributed by atoms with Gasteiger partial charge in [-0.2, -0.15) is 13.2 Å². The molecule has 0 aromatic heterocycles. The Morgan fingerprint density at radius 3 is 1.30 bits per heavy atom. The van der Waals surface area contributed by atoms with Crippen LogP contribution in [0.5, 0.6) is 0 Å². The zero-order valence-corrected chi connectivity index (χ0v) is 18.5. The van der Waals surface area contributed by atoms with Gasteiger partial charge in [0.15, 0.2) is 5.66 Å². The van der Waals surface area contributed by atoms with Crippen LogP contribution in [0.1, 0.15) is 16.8 Å². The molecule has 2 N–H and O–H groups in total. The molecular weight excluding hydrogens is 442 g/mol. The molecule has 2 nitrogen and oxygen atoms in total. The normalized spacial score (nSPS) is 12.8. The van der Waals surface area contributed by atoms with E-state index in [1.807, 2.05) is 91.0 Å². The number of carbonyl (C=O) groups excluding carboxylic acids is 1. The Morgan fingerprint density at radius 1 is 0.636 bits per heavy atom. The number of primary amides is 1. The molecule has 166 valence electrons. The minimum Gasteiger partial charge on any atom is -0.366 e. The summed E-state index contributed by atoms with van der Waals surface area (Å²) in [6.45, 7) is 0. The largest absolute Gasteiger partial charge is 0.416 e. The standard InChI is InChI=1S/C27H21F3NOP/c28-27(29,30)21-18-16-20(17-19-21)25(26(31)32)33(22-10-4-1-5-11-22,23-12-6-2-7-13-23)24-14-8-3-9-15-24/h1-19,25H,(H-,31,32)/p+1. The van der Waals surface area contributed by atoms with E-state index in [4.69, 9.17) is 5.73 Å². The summed E-state index contributed by atoms with van der Waals surface area (Å²) >= 11 is 0. The SMILES string of the molecule is NC(=O)C(c1ccc(C(F)(F)F)cc1)[P+](c1ccccc1)(c1ccccc1)c1ccccc1. The van der Waals surface area contributed by atoms with Crippen molar-refractivity contribution in [1.82, 2.24) is 0 Å². The molecule has 0 saturated carbocycles. The molecule has 0 aliphatic rings. The number of hydrogen-bond acceptors (Lipinski definition) is 1. The van der Waals surface area contributed by atoms with Crippen LogP contribution in [0, 0.1) is 0 Å². The minimum atomic E-state index is -4.47. The van der Waals surface area contributed by atoms with Crippen LogP contribution in [-0.4, -0.2) is 5.91 Å². The molecule has 4 aromatic rings. The summed E-state index contributed by atoms with van der Waals surface area (Å²) in [6, 6.07) is 33.7. The van der Waals surface area contributed by atoms with Gasteiger partial charge in [0.25, 0.3) is 5.91 Å². The molecule has 0 fully saturated rings. The zero-order valence-electron chi connectivity index (χ0n) is 17.6. The molecule has 0 saturated heterocycles. The lowest BCUT2D eigenvalue weighted by molar-refractivity contribution is -0.137. The Hall–Kier alpha value is -3.43. The molecule has 0 aliphatic carbocycles. The molecule has 1 atom stereocenters. The van der Waals surface area contributed by atoms with Gasteiger partial charge in [0.2, 0.25) is 0 Å². The van der Waals surface area contributed by atoms with Crippen molar-refractivity contribution in [3.05, 3.63) is 126 Å². The number of rotatable bonds is 6. The van der Waals surface area contributed by atoms with Crippen LogP contribution in [0.3, 0.4) is 0 Å². The number of carbonyl (C=O) groups is 1. The van der Waals surface area contributed by atoms with E-state index in [0.717, 1.165) is 28.0 Å². The molecule has 0 aliphatic heterocycles. The number of nitrogens with two attached hydrogens (primary N) is 1. The van der Waals surface area contributed by atoms with Gasteiger partial charge in [0, 0.05) is 5.56 Å². The number of amides is 1. The summed E-state index contributed by atoms with van der Waals surface area (Å²) in [5.74, 6) is -0.584. The highest BCUT2D eigenvalue weighted by molar-refractivity contribution is 7.96. The smallest absolute Gasteiger partial charge is 0.366 e. The molecule has 6 heteroatoms. The third-order valence-corrected chi connectivity index (χ3v) is 10.4. The van der Waals surface area contributed by atoms with Crippen molar-refractivity contribution in [2.45, 2.75) is 11.8 Å². The van der Waals surface area contributed by atoms with Crippen molar-refractivity contribution in [3.8, 4) is 0 Å². The fourth-order valence-electron chi connectivity index (χ4n) is 4.32. The van der Waals surface area contributed by atoms with E-state index in [-0.39, 0.29) is 0 Å². The molecule has 0 radical (unpaired) electrons. The van der Waals surface area contributed by atoms with Crippen molar-refractivity contribution in [2.24, 2.45) is 5.73 Å². The average Bonchev–Trinajstić information content (AvgIpc) is 2.83. The molecule has 0 spiro atoms. The first-order valence-corrected chi connectivity index (χ1v) is 12.2. The van der Waals surface area contributed by atoms with Crippen LogP contribution >= 0.6 is 7.26 Å². The lowest BCUT2D eigenvalue weighted by atomic mass is 10.1. The Bertz CT molecular complexity index is 1110. The maximum atomic E-state index is 13.2. The van der Waals surface area contributed by atoms with Crippen molar-refractivity contribution < 1.29 is 18.0 Å². The number of alkyl halides is 3. The molecule has 1 unspecified atom stereocenters. The van der Waals surface area contributed by atoms with Gasteiger partial charge in [0.05, 0.1) is 5.56 Å².